The Labute approximate surface area is 99.6 Å². The average molecular weight is 272 g/mol. The van der Waals surface area contributed by atoms with Gasteiger partial charge in [0, 0.05) is 23.7 Å². The van der Waals surface area contributed by atoms with E-state index >= 15 is 0 Å². The monoisotopic (exact) mass is 272 g/mol. The van der Waals surface area contributed by atoms with Crippen molar-refractivity contribution < 1.29 is 22.7 Å². The molecule has 0 saturated heterocycles. The molecule has 16 heavy (non-hydrogen) atoms. The van der Waals surface area contributed by atoms with Gasteiger partial charge >= 0.3 is 7.82 Å². The molecule has 0 amide bonds. The van der Waals surface area contributed by atoms with Crippen molar-refractivity contribution >= 4 is 18.6 Å². The molecule has 0 radical (unpaired) electrons. The van der Waals surface area contributed by atoms with E-state index in [0.717, 1.165) is 7.11 Å². The first kappa shape index (κ1) is 16.3. The van der Waals surface area contributed by atoms with E-state index in [1.807, 2.05) is 20.8 Å². The second-order valence-corrected chi connectivity index (χ2v) is 7.14. The smallest absolute Gasteiger partial charge is 0.303 e. The fourth-order valence-corrected chi connectivity index (χ4v) is 3.45. The Balaban J connectivity index is 4.69. The summed E-state index contributed by atoms with van der Waals surface area (Å²) in [5.41, 5.74) is 0. The molecule has 0 aliphatic heterocycles. The van der Waals surface area contributed by atoms with Crippen LogP contribution in [-0.2, 0) is 24.4 Å². The van der Waals surface area contributed by atoms with E-state index < -0.39 is 23.4 Å². The number of hydrogen-bond acceptors (Lipinski definition) is 4. The highest BCUT2D eigenvalue weighted by molar-refractivity contribution is 7.86. The van der Waals surface area contributed by atoms with Gasteiger partial charge in [-0.3, -0.25) is 13.3 Å². The fourth-order valence-electron chi connectivity index (χ4n) is 1.40. The predicted octanol–water partition coefficient (Wildman–Crippen LogP) is 2.08. The number of phosphoric acid groups is 1. The predicted molar refractivity (Wildman–Crippen MR) is 64.8 cm³/mol. The molecule has 0 rings (SSSR count). The molecule has 0 aromatic carbocycles. The lowest BCUT2D eigenvalue weighted by molar-refractivity contribution is 0.154. The van der Waals surface area contributed by atoms with Crippen molar-refractivity contribution in [2.24, 2.45) is 0 Å². The van der Waals surface area contributed by atoms with E-state index in [4.69, 9.17) is 9.42 Å². The molecule has 0 aromatic rings. The molecule has 0 spiro atoms. The second-order valence-electron chi connectivity index (χ2n) is 3.45. The Morgan fingerprint density at radius 1 is 1.31 bits per heavy atom. The summed E-state index contributed by atoms with van der Waals surface area (Å²) in [6.45, 7) is 5.60. The summed E-state index contributed by atoms with van der Waals surface area (Å²) in [7, 11) is -3.95. The quantitative estimate of drug-likeness (QED) is 0.685. The van der Waals surface area contributed by atoms with E-state index in [-0.39, 0.29) is 6.61 Å². The van der Waals surface area contributed by atoms with Gasteiger partial charge in [-0.25, -0.2) is 4.57 Å². The van der Waals surface area contributed by atoms with Crippen LogP contribution in [0.3, 0.4) is 0 Å². The van der Waals surface area contributed by atoms with Gasteiger partial charge in [-0.1, -0.05) is 20.8 Å². The van der Waals surface area contributed by atoms with Gasteiger partial charge in [0.15, 0.2) is 0 Å². The van der Waals surface area contributed by atoms with Crippen LogP contribution in [0.25, 0.3) is 0 Å². The maximum absolute atomic E-state index is 11.9. The van der Waals surface area contributed by atoms with Gasteiger partial charge in [0.2, 0.25) is 0 Å². The molecule has 0 bridgehead atoms. The lowest BCUT2D eigenvalue weighted by atomic mass is 10.0. The average Bonchev–Trinajstić information content (AvgIpc) is 2.30. The van der Waals surface area contributed by atoms with Gasteiger partial charge < -0.3 is 4.89 Å². The summed E-state index contributed by atoms with van der Waals surface area (Å²) in [6.07, 6.45) is 1.27. The highest BCUT2D eigenvalue weighted by Crippen LogP contribution is 2.43. The molecule has 7 heteroatoms. The summed E-state index contributed by atoms with van der Waals surface area (Å²) in [4.78, 5) is 9.14. The van der Waals surface area contributed by atoms with Crippen LogP contribution in [0.5, 0.6) is 0 Å². The van der Waals surface area contributed by atoms with Crippen LogP contribution in [-0.4, -0.2) is 33.3 Å². The van der Waals surface area contributed by atoms with Crippen LogP contribution in [0.2, 0.25) is 0 Å². The topological polar surface area (TPSA) is 72.8 Å². The minimum atomic E-state index is -3.98. The van der Waals surface area contributed by atoms with Crippen molar-refractivity contribution in [2.45, 2.75) is 38.4 Å². The zero-order valence-corrected chi connectivity index (χ0v) is 12.0. The fraction of sp³-hybridized carbons (Fsp3) is 1.00. The summed E-state index contributed by atoms with van der Waals surface area (Å²) in [5.74, 6) is 0.508. The molecule has 2 unspecified atom stereocenters. The Morgan fingerprint density at radius 2 is 1.81 bits per heavy atom. The van der Waals surface area contributed by atoms with Crippen molar-refractivity contribution in [3.05, 3.63) is 0 Å². The van der Waals surface area contributed by atoms with Gasteiger partial charge in [0.05, 0.1) is 11.4 Å². The normalized spacial score (nSPS) is 18.1. The third-order valence-electron chi connectivity index (χ3n) is 2.76. The van der Waals surface area contributed by atoms with Crippen LogP contribution >= 0.6 is 7.82 Å². The van der Waals surface area contributed by atoms with Gasteiger partial charge in [-0.15, -0.1) is 0 Å². The molecular formula is C9H21O5PS. The molecule has 0 heterocycles. The Morgan fingerprint density at radius 3 is 2.12 bits per heavy atom. The zero-order valence-electron chi connectivity index (χ0n) is 10.3. The molecule has 0 aliphatic carbocycles. The molecule has 0 aromatic heterocycles. The van der Waals surface area contributed by atoms with Gasteiger partial charge in [0.1, 0.15) is 0 Å². The Kier molecular flexibility index (Phi) is 6.98. The largest absolute Gasteiger partial charge is 0.471 e. The standard InChI is InChI=1S/C9H21O5PS/c1-5-9(6-2,16(12)7-3)8-14-15(10,11)13-4/h5-8H2,1-4H3,(H,10,11). The van der Waals surface area contributed by atoms with Crippen LogP contribution in [0.4, 0.5) is 0 Å². The summed E-state index contributed by atoms with van der Waals surface area (Å²) in [5, 5.41) is 0. The lowest BCUT2D eigenvalue weighted by Crippen LogP contribution is -2.39. The molecule has 0 saturated carbocycles. The van der Waals surface area contributed by atoms with Crippen LogP contribution in [0.15, 0.2) is 0 Å². The van der Waals surface area contributed by atoms with Crippen LogP contribution < -0.4 is 0 Å². The zero-order chi connectivity index (χ0) is 12.8. The van der Waals surface area contributed by atoms with Crippen LogP contribution in [0.1, 0.15) is 33.6 Å². The van der Waals surface area contributed by atoms with Gasteiger partial charge in [-0.05, 0) is 12.8 Å². The van der Waals surface area contributed by atoms with Gasteiger partial charge in [-0.2, -0.15) is 0 Å². The minimum Gasteiger partial charge on any atom is -0.303 e. The summed E-state index contributed by atoms with van der Waals surface area (Å²) >= 11 is 0. The second kappa shape index (κ2) is 6.87. The molecule has 2 atom stereocenters. The molecule has 5 nitrogen and oxygen atoms in total. The third-order valence-corrected chi connectivity index (χ3v) is 5.86. The first-order valence-electron chi connectivity index (χ1n) is 5.29. The van der Waals surface area contributed by atoms with Crippen molar-refractivity contribution in [3.8, 4) is 0 Å². The number of phosphoric ester groups is 1. The van der Waals surface area contributed by atoms with Crippen molar-refractivity contribution in [2.75, 3.05) is 19.5 Å². The van der Waals surface area contributed by atoms with E-state index in [1.165, 1.54) is 0 Å². The first-order valence-corrected chi connectivity index (χ1v) is 8.10. The van der Waals surface area contributed by atoms with Crippen LogP contribution in [0, 0.1) is 0 Å². The molecule has 0 aliphatic rings. The molecule has 98 valence electrons. The lowest BCUT2D eigenvalue weighted by Gasteiger charge is -2.30. The Hall–Kier alpha value is 0.260. The highest BCUT2D eigenvalue weighted by atomic mass is 32.2. The molecule has 0 fully saturated rings. The SMILES string of the molecule is CCS(=O)C(CC)(CC)COP(=O)(O)OC. The highest BCUT2D eigenvalue weighted by Gasteiger charge is 2.35. The first-order chi connectivity index (χ1) is 7.37. The van der Waals surface area contributed by atoms with E-state index in [0.29, 0.717) is 18.6 Å². The van der Waals surface area contributed by atoms with E-state index in [2.05, 4.69) is 4.52 Å². The summed E-state index contributed by atoms with van der Waals surface area (Å²) in [6, 6.07) is 0. The maximum Gasteiger partial charge on any atom is 0.471 e. The number of rotatable bonds is 8. The minimum absolute atomic E-state index is 0.0257. The summed E-state index contributed by atoms with van der Waals surface area (Å²) < 4.78 is 31.7. The van der Waals surface area contributed by atoms with Crippen molar-refractivity contribution in [1.82, 2.24) is 0 Å². The Bertz CT molecular complexity index is 277. The molecular weight excluding hydrogens is 251 g/mol. The maximum atomic E-state index is 11.9. The van der Waals surface area contributed by atoms with Crippen molar-refractivity contribution in [1.29, 1.82) is 0 Å². The van der Waals surface area contributed by atoms with Crippen molar-refractivity contribution in [3.63, 3.8) is 0 Å². The molecule has 1 N–H and O–H groups in total. The van der Waals surface area contributed by atoms with E-state index in [9.17, 15) is 8.77 Å². The third kappa shape index (κ3) is 4.26. The number of hydrogen-bond donors (Lipinski definition) is 1. The van der Waals surface area contributed by atoms with E-state index in [1.54, 1.807) is 0 Å². The van der Waals surface area contributed by atoms with Gasteiger partial charge in [0.25, 0.3) is 0 Å².